The molecule has 1 atom stereocenters. The highest BCUT2D eigenvalue weighted by atomic mass is 79.9. The van der Waals surface area contributed by atoms with Crippen molar-refractivity contribution < 1.29 is 23.4 Å². The van der Waals surface area contributed by atoms with Crippen molar-refractivity contribution in [2.75, 3.05) is 42.4 Å². The molecule has 3 aromatic rings. The first kappa shape index (κ1) is 24.3. The fraction of sp³-hybridized carbons (Fsp3) is 0.261. The van der Waals surface area contributed by atoms with Crippen molar-refractivity contribution in [3.8, 4) is 5.75 Å². The van der Waals surface area contributed by atoms with E-state index in [9.17, 15) is 9.18 Å². The Morgan fingerprint density at radius 1 is 1.29 bits per heavy atom. The number of halogens is 3. The summed E-state index contributed by atoms with van der Waals surface area (Å²) in [5, 5.41) is 7.10. The quantitative estimate of drug-likeness (QED) is 0.305. The number of carbonyl (C=O) groups is 1. The van der Waals surface area contributed by atoms with E-state index in [0.717, 1.165) is 0 Å². The van der Waals surface area contributed by atoms with Crippen LogP contribution in [0.4, 0.5) is 21.6 Å². The monoisotopic (exact) mass is 550 g/mol. The Hall–Kier alpha value is -2.79. The maximum Gasteiger partial charge on any atom is 0.248 e. The van der Waals surface area contributed by atoms with Gasteiger partial charge in [-0.25, -0.2) is 14.4 Å². The second-order valence-corrected chi connectivity index (χ2v) is 8.32. The van der Waals surface area contributed by atoms with Crippen LogP contribution in [-0.4, -0.2) is 53.7 Å². The average Bonchev–Trinajstić information content (AvgIpc) is 2.84. The van der Waals surface area contributed by atoms with E-state index in [2.05, 4.69) is 36.5 Å². The molecule has 0 radical (unpaired) electrons. The zero-order valence-corrected chi connectivity index (χ0v) is 20.2. The Morgan fingerprint density at radius 2 is 2.18 bits per heavy atom. The number of nitrogens with one attached hydrogen (secondary N) is 2. The van der Waals surface area contributed by atoms with Gasteiger partial charge in [0.15, 0.2) is 0 Å². The Labute approximate surface area is 208 Å². The lowest BCUT2D eigenvalue weighted by molar-refractivity contribution is -0.112. The van der Waals surface area contributed by atoms with Crippen LogP contribution < -0.4 is 15.4 Å². The molecule has 1 amide bonds. The maximum atomic E-state index is 13.5. The zero-order chi connectivity index (χ0) is 23.9. The van der Waals surface area contributed by atoms with E-state index in [-0.39, 0.29) is 23.6 Å². The molecule has 4 rings (SSSR count). The van der Waals surface area contributed by atoms with Gasteiger partial charge in [-0.15, -0.1) is 0 Å². The summed E-state index contributed by atoms with van der Waals surface area (Å²) in [6, 6.07) is 7.71. The first-order chi connectivity index (χ1) is 16.5. The normalized spacial score (nSPS) is 16.0. The predicted octanol–water partition coefficient (Wildman–Crippen LogP) is 4.85. The summed E-state index contributed by atoms with van der Waals surface area (Å²) in [7, 11) is 0. The number of carbonyl (C=O) groups excluding carboxylic acids is 1. The maximum absolute atomic E-state index is 13.5. The third-order valence-electron chi connectivity index (χ3n) is 4.84. The molecule has 0 bridgehead atoms. The number of rotatable bonds is 8. The van der Waals surface area contributed by atoms with E-state index >= 15 is 0 Å². The Bertz CT molecular complexity index is 1210. The number of ether oxygens (including phenoxy) is 3. The number of hydrogen-bond acceptors (Lipinski definition) is 7. The topological polar surface area (TPSA) is 94.6 Å². The molecule has 1 unspecified atom stereocenters. The molecule has 11 heteroatoms. The van der Waals surface area contributed by atoms with E-state index < -0.39 is 5.82 Å². The van der Waals surface area contributed by atoms with E-state index in [0.29, 0.717) is 59.0 Å². The van der Waals surface area contributed by atoms with Crippen molar-refractivity contribution >= 4 is 61.5 Å². The number of amides is 1. The van der Waals surface area contributed by atoms with Gasteiger partial charge in [-0.05, 0) is 24.3 Å². The molecule has 1 fully saturated rings. The molecular weight excluding hydrogens is 531 g/mol. The number of fused-ring (bicyclic) bond motifs is 1. The molecule has 2 N–H and O–H groups in total. The SMILES string of the molecule is O=C(C=CCBr)Nc1cc2c(Nc3ccc(F)c(Cl)c3)ncnc2cc1OCC1COCCO1. The van der Waals surface area contributed by atoms with Crippen LogP contribution >= 0.6 is 27.5 Å². The highest BCUT2D eigenvalue weighted by Gasteiger charge is 2.18. The number of hydrogen-bond donors (Lipinski definition) is 2. The fourth-order valence-electron chi connectivity index (χ4n) is 3.25. The van der Waals surface area contributed by atoms with E-state index in [1.807, 2.05) is 0 Å². The summed E-state index contributed by atoms with van der Waals surface area (Å²) < 4.78 is 30.6. The van der Waals surface area contributed by atoms with Gasteiger partial charge in [0.2, 0.25) is 5.91 Å². The molecule has 1 aliphatic rings. The molecule has 1 aliphatic heterocycles. The van der Waals surface area contributed by atoms with E-state index in [4.69, 9.17) is 25.8 Å². The summed E-state index contributed by atoms with van der Waals surface area (Å²) >= 11 is 9.16. The largest absolute Gasteiger partial charge is 0.489 e. The average molecular weight is 552 g/mol. The highest BCUT2D eigenvalue weighted by molar-refractivity contribution is 9.09. The highest BCUT2D eigenvalue weighted by Crippen LogP contribution is 2.34. The van der Waals surface area contributed by atoms with Gasteiger partial charge in [0, 0.05) is 28.5 Å². The third-order valence-corrected chi connectivity index (χ3v) is 5.51. The van der Waals surface area contributed by atoms with Crippen LogP contribution in [0.25, 0.3) is 10.9 Å². The van der Waals surface area contributed by atoms with Gasteiger partial charge in [0.25, 0.3) is 0 Å². The predicted molar refractivity (Wildman–Crippen MR) is 132 cm³/mol. The molecule has 34 heavy (non-hydrogen) atoms. The van der Waals surface area contributed by atoms with Crippen molar-refractivity contribution in [3.63, 3.8) is 0 Å². The standard InChI is InChI=1S/C23H21BrClFN4O4/c24-5-1-2-22(31)30-20-9-16-19(10-21(20)34-12-15-11-32-6-7-33-15)27-13-28-23(16)29-14-3-4-18(26)17(25)8-14/h1-4,8-10,13,15H,5-7,11-12H2,(H,30,31)(H,27,28,29). The van der Waals surface area contributed by atoms with Crippen LogP contribution in [0.1, 0.15) is 0 Å². The van der Waals surface area contributed by atoms with Crippen LogP contribution in [0, 0.1) is 5.82 Å². The van der Waals surface area contributed by atoms with Crippen LogP contribution in [0.15, 0.2) is 48.8 Å². The molecular formula is C23H21BrClFN4O4. The molecule has 0 saturated carbocycles. The number of allylic oxidation sites excluding steroid dienone is 1. The van der Waals surface area contributed by atoms with Crippen LogP contribution in [0.5, 0.6) is 5.75 Å². The van der Waals surface area contributed by atoms with Gasteiger partial charge in [-0.1, -0.05) is 33.6 Å². The number of nitrogens with zero attached hydrogens (tertiary/aromatic N) is 2. The summed E-state index contributed by atoms with van der Waals surface area (Å²) in [5.74, 6) is 0.0412. The fourth-order valence-corrected chi connectivity index (χ4v) is 3.62. The van der Waals surface area contributed by atoms with Gasteiger partial charge in [0.1, 0.15) is 36.4 Å². The summed E-state index contributed by atoms with van der Waals surface area (Å²) in [5.41, 5.74) is 1.56. The van der Waals surface area contributed by atoms with Crippen molar-refractivity contribution in [2.45, 2.75) is 6.10 Å². The zero-order valence-electron chi connectivity index (χ0n) is 17.9. The smallest absolute Gasteiger partial charge is 0.248 e. The molecule has 178 valence electrons. The molecule has 1 saturated heterocycles. The Morgan fingerprint density at radius 3 is 2.94 bits per heavy atom. The molecule has 8 nitrogen and oxygen atoms in total. The number of anilines is 3. The second kappa shape index (κ2) is 11.6. The van der Waals surface area contributed by atoms with Gasteiger partial charge < -0.3 is 24.8 Å². The lowest BCUT2D eigenvalue weighted by Gasteiger charge is -2.23. The van der Waals surface area contributed by atoms with Gasteiger partial charge in [-0.2, -0.15) is 0 Å². The lowest BCUT2D eigenvalue weighted by Crippen LogP contribution is -2.33. The summed E-state index contributed by atoms with van der Waals surface area (Å²) in [4.78, 5) is 21.0. The van der Waals surface area contributed by atoms with Gasteiger partial charge in [0.05, 0.1) is 36.0 Å². The Kier molecular flexibility index (Phi) is 8.28. The first-order valence-corrected chi connectivity index (χ1v) is 11.9. The third kappa shape index (κ3) is 6.20. The molecule has 2 aromatic carbocycles. The van der Waals surface area contributed by atoms with Crippen molar-refractivity contribution in [1.29, 1.82) is 0 Å². The number of alkyl halides is 1. The minimum absolute atomic E-state index is 0.0144. The molecule has 0 spiro atoms. The van der Waals surface area contributed by atoms with Crippen molar-refractivity contribution in [1.82, 2.24) is 9.97 Å². The summed E-state index contributed by atoms with van der Waals surface area (Å²) in [6.45, 7) is 1.73. The van der Waals surface area contributed by atoms with E-state index in [1.165, 1.54) is 24.5 Å². The lowest BCUT2D eigenvalue weighted by atomic mass is 10.1. The number of aromatic nitrogens is 2. The summed E-state index contributed by atoms with van der Waals surface area (Å²) in [6.07, 6.45) is 4.28. The molecule has 2 heterocycles. The van der Waals surface area contributed by atoms with Crippen molar-refractivity contribution in [2.24, 2.45) is 0 Å². The number of benzene rings is 2. The first-order valence-electron chi connectivity index (χ1n) is 10.4. The van der Waals surface area contributed by atoms with Crippen LogP contribution in [0.2, 0.25) is 5.02 Å². The van der Waals surface area contributed by atoms with E-state index in [1.54, 1.807) is 24.3 Å². The van der Waals surface area contributed by atoms with Gasteiger partial charge >= 0.3 is 0 Å². The Balaban J connectivity index is 1.66. The van der Waals surface area contributed by atoms with Crippen molar-refractivity contribution in [3.05, 3.63) is 59.7 Å². The molecule has 0 aliphatic carbocycles. The van der Waals surface area contributed by atoms with Crippen LogP contribution in [-0.2, 0) is 14.3 Å². The minimum atomic E-state index is -0.518. The molecule has 1 aromatic heterocycles. The van der Waals surface area contributed by atoms with Gasteiger partial charge in [-0.3, -0.25) is 4.79 Å². The second-order valence-electron chi connectivity index (χ2n) is 7.27. The van der Waals surface area contributed by atoms with Crippen LogP contribution in [0.3, 0.4) is 0 Å². The minimum Gasteiger partial charge on any atom is -0.489 e.